The lowest BCUT2D eigenvalue weighted by Crippen LogP contribution is -1.94. The van der Waals surface area contributed by atoms with E-state index in [0.717, 1.165) is 11.2 Å². The van der Waals surface area contributed by atoms with Gasteiger partial charge < -0.3 is 0 Å². The molecule has 0 saturated carbocycles. The summed E-state index contributed by atoms with van der Waals surface area (Å²) in [4.78, 5) is 12.9. The molecule has 1 aromatic rings. The predicted molar refractivity (Wildman–Crippen MR) is 76.1 cm³/mol. The average Bonchev–Trinajstić information content (AvgIpc) is 2.82. The third-order valence-electron chi connectivity index (χ3n) is 3.32. The molecular weight excluding hydrogens is 228 g/mol. The summed E-state index contributed by atoms with van der Waals surface area (Å²) in [5.41, 5.74) is 0. The Morgan fingerprint density at radius 1 is 1.18 bits per heavy atom. The Morgan fingerprint density at radius 2 is 1.94 bits per heavy atom. The highest BCUT2D eigenvalue weighted by atomic mass is 32.1. The van der Waals surface area contributed by atoms with Gasteiger partial charge in [-0.25, -0.2) is 0 Å². The van der Waals surface area contributed by atoms with Gasteiger partial charge in [-0.1, -0.05) is 46.0 Å². The number of carbonyl (C=O) groups is 1. The van der Waals surface area contributed by atoms with Gasteiger partial charge >= 0.3 is 0 Å². The number of thiophene rings is 1. The van der Waals surface area contributed by atoms with E-state index < -0.39 is 0 Å². The zero-order valence-corrected chi connectivity index (χ0v) is 11.9. The molecule has 0 bridgehead atoms. The smallest absolute Gasteiger partial charge is 0.160 e. The molecule has 1 rings (SSSR count). The van der Waals surface area contributed by atoms with Crippen LogP contribution in [0.4, 0.5) is 0 Å². The van der Waals surface area contributed by atoms with Crippen LogP contribution in [0.3, 0.4) is 0 Å². The first-order chi connectivity index (χ1) is 8.31. The van der Waals surface area contributed by atoms with E-state index in [1.54, 1.807) is 11.3 Å². The van der Waals surface area contributed by atoms with Crippen LogP contribution in [0.25, 0.3) is 0 Å². The van der Waals surface area contributed by atoms with Crippen LogP contribution in [0, 0.1) is 0 Å². The number of rotatable bonds is 9. The Morgan fingerprint density at radius 3 is 2.53 bits per heavy atom. The summed E-state index contributed by atoms with van der Waals surface area (Å²) < 4.78 is 0. The highest BCUT2D eigenvalue weighted by Gasteiger charge is 2.11. The van der Waals surface area contributed by atoms with E-state index in [1.165, 1.54) is 49.8 Å². The lowest BCUT2D eigenvalue weighted by Gasteiger charge is -2.12. The third kappa shape index (κ3) is 5.03. The van der Waals surface area contributed by atoms with Gasteiger partial charge in [0.25, 0.3) is 0 Å². The third-order valence-corrected chi connectivity index (χ3v) is 4.49. The Bertz CT molecular complexity index is 316. The van der Waals surface area contributed by atoms with E-state index in [9.17, 15) is 4.79 Å². The van der Waals surface area contributed by atoms with E-state index >= 15 is 0 Å². The second kappa shape index (κ2) is 8.46. The van der Waals surface area contributed by atoms with E-state index in [-0.39, 0.29) is 0 Å². The van der Waals surface area contributed by atoms with Crippen molar-refractivity contribution in [2.24, 2.45) is 0 Å². The van der Waals surface area contributed by atoms with Gasteiger partial charge in [-0.2, -0.15) is 0 Å². The first-order valence-electron chi connectivity index (χ1n) is 6.86. The summed E-state index contributed by atoms with van der Waals surface area (Å²) in [5, 5.41) is 0. The van der Waals surface area contributed by atoms with Gasteiger partial charge in [-0.05, 0) is 30.9 Å². The Hall–Kier alpha value is -0.630. The molecule has 0 radical (unpaired) electrons. The molecule has 0 spiro atoms. The molecule has 1 unspecified atom stereocenters. The van der Waals surface area contributed by atoms with Crippen LogP contribution in [0.15, 0.2) is 12.1 Å². The average molecular weight is 252 g/mol. The van der Waals surface area contributed by atoms with Gasteiger partial charge in [-0.15, -0.1) is 11.3 Å². The molecule has 0 aliphatic heterocycles. The summed E-state index contributed by atoms with van der Waals surface area (Å²) in [6.45, 7) is 4.50. The normalized spacial score (nSPS) is 12.6. The van der Waals surface area contributed by atoms with Gasteiger partial charge in [0.1, 0.15) is 0 Å². The van der Waals surface area contributed by atoms with Crippen molar-refractivity contribution in [3.05, 3.63) is 21.9 Å². The molecule has 0 N–H and O–H groups in total. The maximum absolute atomic E-state index is 10.7. The second-order valence-electron chi connectivity index (χ2n) is 4.67. The van der Waals surface area contributed by atoms with Crippen molar-refractivity contribution in [2.75, 3.05) is 0 Å². The van der Waals surface area contributed by atoms with Gasteiger partial charge in [0.2, 0.25) is 0 Å². The molecule has 1 nitrogen and oxygen atoms in total. The lowest BCUT2D eigenvalue weighted by atomic mass is 9.96. The van der Waals surface area contributed by atoms with E-state index in [2.05, 4.69) is 19.9 Å². The number of hydrogen-bond acceptors (Lipinski definition) is 2. The van der Waals surface area contributed by atoms with Crippen molar-refractivity contribution < 1.29 is 4.79 Å². The fraction of sp³-hybridized carbons (Fsp3) is 0.667. The van der Waals surface area contributed by atoms with Gasteiger partial charge in [0.15, 0.2) is 6.29 Å². The molecule has 96 valence electrons. The van der Waals surface area contributed by atoms with Crippen molar-refractivity contribution in [1.82, 2.24) is 0 Å². The minimum Gasteiger partial charge on any atom is -0.297 e. The number of unbranched alkanes of at least 4 members (excludes halogenated alkanes) is 4. The first kappa shape index (κ1) is 14.4. The Kier molecular flexibility index (Phi) is 7.18. The van der Waals surface area contributed by atoms with Crippen LogP contribution < -0.4 is 0 Å². The van der Waals surface area contributed by atoms with Crippen LogP contribution in [-0.4, -0.2) is 6.29 Å². The minimum atomic E-state index is 0.662. The number of aldehydes is 1. The van der Waals surface area contributed by atoms with E-state index in [0.29, 0.717) is 5.92 Å². The van der Waals surface area contributed by atoms with Crippen molar-refractivity contribution in [1.29, 1.82) is 0 Å². The summed E-state index contributed by atoms with van der Waals surface area (Å²) in [6.07, 6.45) is 10.2. The van der Waals surface area contributed by atoms with Crippen LogP contribution in [0.1, 0.15) is 79.3 Å². The summed E-state index contributed by atoms with van der Waals surface area (Å²) in [6, 6.07) is 4.08. The zero-order valence-electron chi connectivity index (χ0n) is 11.1. The molecule has 0 saturated heterocycles. The zero-order chi connectivity index (χ0) is 12.5. The molecule has 0 aliphatic rings. The van der Waals surface area contributed by atoms with Crippen molar-refractivity contribution >= 4 is 17.6 Å². The predicted octanol–water partition coefficient (Wildman–Crippen LogP) is 5.41. The highest BCUT2D eigenvalue weighted by molar-refractivity contribution is 7.13. The fourth-order valence-corrected chi connectivity index (χ4v) is 3.24. The first-order valence-corrected chi connectivity index (χ1v) is 7.68. The second-order valence-corrected chi connectivity index (χ2v) is 5.81. The highest BCUT2D eigenvalue weighted by Crippen LogP contribution is 2.31. The fourth-order valence-electron chi connectivity index (χ4n) is 2.19. The standard InChI is InChI=1S/C15H24OS/c1-3-5-6-7-8-9-13(4-2)15-11-10-14(12-16)17-15/h10-13H,3-9H2,1-2H3. The van der Waals surface area contributed by atoms with Crippen molar-refractivity contribution in [2.45, 2.75) is 64.7 Å². The SMILES string of the molecule is CCCCCCCC(CC)c1ccc(C=O)s1. The lowest BCUT2D eigenvalue weighted by molar-refractivity contribution is 0.112. The summed E-state index contributed by atoms with van der Waals surface area (Å²) in [7, 11) is 0. The van der Waals surface area contributed by atoms with E-state index in [1.807, 2.05) is 6.07 Å². The van der Waals surface area contributed by atoms with Crippen LogP contribution in [0.5, 0.6) is 0 Å². The van der Waals surface area contributed by atoms with Crippen LogP contribution in [0.2, 0.25) is 0 Å². The molecule has 1 aromatic heterocycles. The van der Waals surface area contributed by atoms with Crippen molar-refractivity contribution in [3.63, 3.8) is 0 Å². The topological polar surface area (TPSA) is 17.1 Å². The Labute approximate surface area is 109 Å². The number of carbonyl (C=O) groups excluding carboxylic acids is 1. The number of hydrogen-bond donors (Lipinski definition) is 0. The minimum absolute atomic E-state index is 0.662. The molecular formula is C15H24OS. The van der Waals surface area contributed by atoms with E-state index in [4.69, 9.17) is 0 Å². The maximum atomic E-state index is 10.7. The van der Waals surface area contributed by atoms with Gasteiger partial charge in [0.05, 0.1) is 4.88 Å². The largest absolute Gasteiger partial charge is 0.297 e. The molecule has 0 amide bonds. The molecule has 0 fully saturated rings. The molecule has 0 aromatic carbocycles. The van der Waals surface area contributed by atoms with Crippen LogP contribution in [-0.2, 0) is 0 Å². The molecule has 17 heavy (non-hydrogen) atoms. The summed E-state index contributed by atoms with van der Waals surface area (Å²) in [5.74, 6) is 0.662. The monoisotopic (exact) mass is 252 g/mol. The summed E-state index contributed by atoms with van der Waals surface area (Å²) >= 11 is 1.67. The molecule has 0 aliphatic carbocycles. The quantitative estimate of drug-likeness (QED) is 0.424. The van der Waals surface area contributed by atoms with Gasteiger partial charge in [-0.3, -0.25) is 4.79 Å². The maximum Gasteiger partial charge on any atom is 0.160 e. The van der Waals surface area contributed by atoms with Crippen molar-refractivity contribution in [3.8, 4) is 0 Å². The molecule has 1 atom stereocenters. The van der Waals surface area contributed by atoms with Gasteiger partial charge in [0, 0.05) is 4.88 Å². The molecule has 1 heterocycles. The Balaban J connectivity index is 2.34. The molecule has 2 heteroatoms. The van der Waals surface area contributed by atoms with Crippen LogP contribution >= 0.6 is 11.3 Å².